The van der Waals surface area contributed by atoms with Gasteiger partial charge in [-0.25, -0.2) is 9.13 Å². The molecular formula is C85H140O17P2. The van der Waals surface area contributed by atoms with Crippen molar-refractivity contribution in [1.82, 2.24) is 0 Å². The molecule has 0 fully saturated rings. The molecule has 0 rings (SSSR count). The topological polar surface area (TPSA) is 237 Å². The second-order valence-electron chi connectivity index (χ2n) is 25.9. The molecule has 0 aliphatic rings. The van der Waals surface area contributed by atoms with Gasteiger partial charge in [-0.05, 0) is 141 Å². The Morgan fingerprint density at radius 2 is 0.510 bits per heavy atom. The van der Waals surface area contributed by atoms with Crippen LogP contribution in [0.1, 0.15) is 297 Å². The van der Waals surface area contributed by atoms with Crippen molar-refractivity contribution in [2.24, 2.45) is 0 Å². The van der Waals surface area contributed by atoms with E-state index in [1.165, 1.54) is 38.5 Å². The lowest BCUT2D eigenvalue weighted by molar-refractivity contribution is -0.161. The summed E-state index contributed by atoms with van der Waals surface area (Å²) in [4.78, 5) is 73.0. The summed E-state index contributed by atoms with van der Waals surface area (Å²) in [7, 11) is -9.99. The average Bonchev–Trinajstić information content (AvgIpc) is 0.906. The molecule has 0 aromatic carbocycles. The molecule has 0 radical (unpaired) electrons. The number of unbranched alkanes of at least 4 members (excludes halogenated alkanes) is 21. The van der Waals surface area contributed by atoms with E-state index in [-0.39, 0.29) is 25.7 Å². The van der Waals surface area contributed by atoms with E-state index in [4.69, 9.17) is 37.0 Å². The molecule has 592 valence electrons. The Labute approximate surface area is 629 Å². The SMILES string of the molecule is CC/C=C\C/C=C\C/C=C\C/C=C\C/C=C\CCCC(=O)OCC(COP(=O)(O)OCC(O)COP(=O)(O)OCC(COC(=O)CCCCCCCC/C=C\C/C=C\C/C=C\C/C=C\CC)OC(=O)CCCCCC/C=C\C/C=C\C/C=C\C/C=C\CC)OC(=O)CCCCCCCCCCCCC. The van der Waals surface area contributed by atoms with Crippen LogP contribution in [0.15, 0.2) is 158 Å². The number of carbonyl (C=O) groups is 4. The van der Waals surface area contributed by atoms with Crippen LogP contribution in [0.5, 0.6) is 0 Å². The number of phosphoric acid groups is 2. The minimum Gasteiger partial charge on any atom is -0.462 e. The monoisotopic (exact) mass is 1490 g/mol. The molecule has 0 heterocycles. The maximum atomic E-state index is 13.1. The largest absolute Gasteiger partial charge is 0.472 e. The number of esters is 4. The van der Waals surface area contributed by atoms with Crippen molar-refractivity contribution in [3.63, 3.8) is 0 Å². The molecule has 5 unspecified atom stereocenters. The van der Waals surface area contributed by atoms with E-state index >= 15 is 0 Å². The molecule has 0 aliphatic heterocycles. The number of hydrogen-bond acceptors (Lipinski definition) is 15. The van der Waals surface area contributed by atoms with Gasteiger partial charge in [0, 0.05) is 25.7 Å². The van der Waals surface area contributed by atoms with Crippen LogP contribution in [0.2, 0.25) is 0 Å². The normalized spacial score (nSPS) is 14.7. The molecule has 3 N–H and O–H groups in total. The lowest BCUT2D eigenvalue weighted by Crippen LogP contribution is -2.30. The van der Waals surface area contributed by atoms with Gasteiger partial charge in [-0.2, -0.15) is 0 Å². The number of allylic oxidation sites excluding steroid dienone is 26. The first-order chi connectivity index (χ1) is 50.7. The zero-order valence-electron chi connectivity index (χ0n) is 64.6. The van der Waals surface area contributed by atoms with Gasteiger partial charge in [-0.1, -0.05) is 288 Å². The maximum Gasteiger partial charge on any atom is 0.472 e. The molecule has 0 saturated carbocycles. The highest BCUT2D eigenvalue weighted by molar-refractivity contribution is 7.47. The minimum absolute atomic E-state index is 0.0575. The lowest BCUT2D eigenvalue weighted by atomic mass is 10.1. The highest BCUT2D eigenvalue weighted by atomic mass is 31.2. The molecule has 0 bridgehead atoms. The van der Waals surface area contributed by atoms with Crippen LogP contribution < -0.4 is 0 Å². The summed E-state index contributed by atoms with van der Waals surface area (Å²) in [5.41, 5.74) is 0. The molecule has 0 aromatic rings. The molecule has 0 aromatic heterocycles. The second kappa shape index (κ2) is 75.9. The standard InChI is InChI=1S/C85H140O17P2/c1-5-9-13-17-21-25-29-32-35-38-39-42-44-47-51-54-58-62-66-70-83(88)96-76-81(102-85(90)72-68-64-60-56-52-48-45-41-37-34-31-27-23-19-15-11-7-3)78-100-104(93,94)98-74-79(86)73-97-103(91,92)99-77-80(101-84(89)71-67-63-59-55-49-28-24-20-16-12-8-4)75-95-82(87)69-65-61-57-53-50-46-43-40-36-33-30-26-22-18-14-10-6-2/h9-11,13-15,21-23,25-27,32-37,39,42-43,45-46,48,53,57,79-81,86H,5-8,12,16-20,24,28-31,38,40-41,44,47,49-52,54-56,58-78H2,1-4H3,(H,91,92)(H,93,94)/b13-9-,14-10-,15-11-,25-21-,26-22-,27-23-,35-32-,36-33-,37-34-,42-39-,46-43-,48-45-,57-53-. The third-order valence-corrected chi connectivity index (χ3v) is 17.9. The third-order valence-electron chi connectivity index (χ3n) is 16.0. The van der Waals surface area contributed by atoms with Gasteiger partial charge in [0.05, 0.1) is 26.4 Å². The van der Waals surface area contributed by atoms with Crippen molar-refractivity contribution in [2.45, 2.75) is 316 Å². The summed E-state index contributed by atoms with van der Waals surface area (Å²) in [5.74, 6) is -2.29. The first-order valence-electron chi connectivity index (χ1n) is 39.7. The van der Waals surface area contributed by atoms with E-state index in [9.17, 15) is 43.2 Å². The molecule has 0 aliphatic carbocycles. The zero-order chi connectivity index (χ0) is 76.0. The Balaban J connectivity index is 5.42. The fourth-order valence-corrected chi connectivity index (χ4v) is 11.6. The molecular weight excluding hydrogens is 1350 g/mol. The summed E-state index contributed by atoms with van der Waals surface area (Å²) in [5, 5.41) is 10.6. The first kappa shape index (κ1) is 98.7. The summed E-state index contributed by atoms with van der Waals surface area (Å²) in [6.07, 6.45) is 88.0. The number of rotatable bonds is 73. The number of hydrogen-bond donors (Lipinski definition) is 3. The number of aliphatic hydroxyl groups is 1. The fraction of sp³-hybridized carbons (Fsp3) is 0.647. The van der Waals surface area contributed by atoms with Gasteiger partial charge in [0.15, 0.2) is 12.2 Å². The van der Waals surface area contributed by atoms with Gasteiger partial charge in [0.2, 0.25) is 0 Å². The van der Waals surface area contributed by atoms with Gasteiger partial charge < -0.3 is 33.8 Å². The Morgan fingerprint density at radius 1 is 0.279 bits per heavy atom. The number of carbonyl (C=O) groups excluding carboxylic acids is 4. The van der Waals surface area contributed by atoms with Crippen molar-refractivity contribution in [3.8, 4) is 0 Å². The average molecular weight is 1500 g/mol. The Morgan fingerprint density at radius 3 is 0.808 bits per heavy atom. The van der Waals surface area contributed by atoms with Crippen LogP contribution in [-0.2, 0) is 65.4 Å². The van der Waals surface area contributed by atoms with Crippen molar-refractivity contribution < 1.29 is 80.2 Å². The molecule has 5 atom stereocenters. The zero-order valence-corrected chi connectivity index (χ0v) is 66.4. The van der Waals surface area contributed by atoms with Gasteiger partial charge in [-0.3, -0.25) is 37.3 Å². The maximum absolute atomic E-state index is 13.1. The highest BCUT2D eigenvalue weighted by Crippen LogP contribution is 2.45. The summed E-state index contributed by atoms with van der Waals surface area (Å²) >= 11 is 0. The van der Waals surface area contributed by atoms with Crippen LogP contribution in [0.3, 0.4) is 0 Å². The minimum atomic E-state index is -5.00. The quantitative estimate of drug-likeness (QED) is 0.0169. The molecule has 0 spiro atoms. The predicted octanol–water partition coefficient (Wildman–Crippen LogP) is 23.2. The van der Waals surface area contributed by atoms with E-state index in [2.05, 4.69) is 174 Å². The first-order valence-corrected chi connectivity index (χ1v) is 42.7. The van der Waals surface area contributed by atoms with Crippen LogP contribution >= 0.6 is 15.6 Å². The van der Waals surface area contributed by atoms with Crippen LogP contribution in [-0.4, -0.2) is 96.7 Å². The van der Waals surface area contributed by atoms with E-state index < -0.39 is 97.5 Å². The van der Waals surface area contributed by atoms with Crippen LogP contribution in [0, 0.1) is 0 Å². The van der Waals surface area contributed by atoms with Crippen molar-refractivity contribution in [1.29, 1.82) is 0 Å². The highest BCUT2D eigenvalue weighted by Gasteiger charge is 2.30. The Kier molecular flexibility index (Phi) is 72.0. The number of aliphatic hydroxyl groups excluding tert-OH is 1. The van der Waals surface area contributed by atoms with Gasteiger partial charge >= 0.3 is 39.5 Å². The van der Waals surface area contributed by atoms with Crippen molar-refractivity contribution in [2.75, 3.05) is 39.6 Å². The Bertz CT molecular complexity index is 2590. The van der Waals surface area contributed by atoms with Gasteiger partial charge in [0.25, 0.3) is 0 Å². The van der Waals surface area contributed by atoms with E-state index in [0.717, 1.165) is 173 Å². The smallest absolute Gasteiger partial charge is 0.462 e. The molecule has 19 heteroatoms. The molecule has 104 heavy (non-hydrogen) atoms. The fourth-order valence-electron chi connectivity index (χ4n) is 10.1. The van der Waals surface area contributed by atoms with E-state index in [0.29, 0.717) is 32.1 Å². The van der Waals surface area contributed by atoms with Gasteiger partial charge in [-0.15, -0.1) is 0 Å². The summed E-state index contributed by atoms with van der Waals surface area (Å²) in [6.45, 7) is 4.41. The summed E-state index contributed by atoms with van der Waals surface area (Å²) < 4.78 is 68.5. The Hall–Kier alpha value is -5.32. The second-order valence-corrected chi connectivity index (χ2v) is 28.8. The molecule has 0 saturated heterocycles. The third kappa shape index (κ3) is 74.9. The molecule has 17 nitrogen and oxygen atoms in total. The van der Waals surface area contributed by atoms with E-state index in [1.54, 1.807) is 0 Å². The van der Waals surface area contributed by atoms with Crippen molar-refractivity contribution >= 4 is 39.5 Å². The van der Waals surface area contributed by atoms with Crippen LogP contribution in [0.25, 0.3) is 0 Å². The van der Waals surface area contributed by atoms with Crippen LogP contribution in [0.4, 0.5) is 0 Å². The van der Waals surface area contributed by atoms with Crippen molar-refractivity contribution in [3.05, 3.63) is 158 Å². The van der Waals surface area contributed by atoms with Gasteiger partial charge in [0.1, 0.15) is 19.3 Å². The molecule has 0 amide bonds. The van der Waals surface area contributed by atoms with E-state index in [1.807, 2.05) is 12.2 Å². The predicted molar refractivity (Wildman–Crippen MR) is 427 cm³/mol. The number of ether oxygens (including phenoxy) is 4. The number of phosphoric ester groups is 2. The summed E-state index contributed by atoms with van der Waals surface area (Å²) in [6, 6.07) is 0. The lowest BCUT2D eigenvalue weighted by Gasteiger charge is -2.21.